The SMILES string of the molecule is CCc1nn(C)c(CS(=O)(=O)c2ccccc2F)c1Br. The second kappa shape index (κ2) is 5.65. The molecule has 2 aromatic rings. The smallest absolute Gasteiger partial charge is 0.186 e. The summed E-state index contributed by atoms with van der Waals surface area (Å²) in [7, 11) is -2.07. The Morgan fingerprint density at radius 1 is 1.35 bits per heavy atom. The summed E-state index contributed by atoms with van der Waals surface area (Å²) in [5.74, 6) is -1.03. The van der Waals surface area contributed by atoms with Crippen molar-refractivity contribution in [1.29, 1.82) is 0 Å². The van der Waals surface area contributed by atoms with Crippen molar-refractivity contribution >= 4 is 25.8 Å². The summed E-state index contributed by atoms with van der Waals surface area (Å²) < 4.78 is 40.5. The summed E-state index contributed by atoms with van der Waals surface area (Å²) in [6.07, 6.45) is 0.689. The minimum absolute atomic E-state index is 0.286. The summed E-state index contributed by atoms with van der Waals surface area (Å²) in [6, 6.07) is 5.38. The van der Waals surface area contributed by atoms with Gasteiger partial charge in [-0.2, -0.15) is 5.10 Å². The summed E-state index contributed by atoms with van der Waals surface area (Å²) in [6.45, 7) is 1.93. The van der Waals surface area contributed by atoms with Gasteiger partial charge >= 0.3 is 0 Å². The van der Waals surface area contributed by atoms with Gasteiger partial charge in [0.1, 0.15) is 10.7 Å². The van der Waals surface area contributed by atoms with Crippen LogP contribution in [-0.4, -0.2) is 18.2 Å². The molecule has 4 nitrogen and oxygen atoms in total. The van der Waals surface area contributed by atoms with Gasteiger partial charge in [0.2, 0.25) is 0 Å². The second-order valence-electron chi connectivity index (χ2n) is 4.37. The normalized spacial score (nSPS) is 11.8. The van der Waals surface area contributed by atoms with E-state index in [4.69, 9.17) is 0 Å². The molecule has 0 unspecified atom stereocenters. The Labute approximate surface area is 125 Å². The van der Waals surface area contributed by atoms with E-state index in [2.05, 4.69) is 21.0 Å². The average Bonchev–Trinajstić information content (AvgIpc) is 2.66. The van der Waals surface area contributed by atoms with E-state index in [9.17, 15) is 12.8 Å². The maximum atomic E-state index is 13.6. The van der Waals surface area contributed by atoms with E-state index in [-0.39, 0.29) is 10.6 Å². The van der Waals surface area contributed by atoms with E-state index >= 15 is 0 Å². The Morgan fingerprint density at radius 3 is 2.55 bits per heavy atom. The quantitative estimate of drug-likeness (QED) is 0.842. The molecule has 0 aliphatic rings. The number of sulfone groups is 1. The fourth-order valence-electron chi connectivity index (χ4n) is 1.93. The van der Waals surface area contributed by atoms with Crippen LogP contribution in [0.3, 0.4) is 0 Å². The number of nitrogens with zero attached hydrogens (tertiary/aromatic N) is 2. The first-order valence-electron chi connectivity index (χ1n) is 6.04. The number of aryl methyl sites for hydroxylation is 2. The maximum absolute atomic E-state index is 13.6. The molecular weight excluding hydrogens is 347 g/mol. The molecule has 20 heavy (non-hydrogen) atoms. The number of benzene rings is 1. The molecule has 1 heterocycles. The average molecular weight is 361 g/mol. The van der Waals surface area contributed by atoms with Gasteiger partial charge in [0.05, 0.1) is 21.6 Å². The highest BCUT2D eigenvalue weighted by molar-refractivity contribution is 9.10. The molecule has 0 aliphatic heterocycles. The van der Waals surface area contributed by atoms with Crippen molar-refractivity contribution in [2.24, 2.45) is 7.05 Å². The van der Waals surface area contributed by atoms with Gasteiger partial charge in [-0.1, -0.05) is 19.1 Å². The monoisotopic (exact) mass is 360 g/mol. The second-order valence-corrected chi connectivity index (χ2v) is 7.13. The highest BCUT2D eigenvalue weighted by Crippen LogP contribution is 2.26. The Kier molecular flexibility index (Phi) is 4.29. The minimum Gasteiger partial charge on any atom is -0.270 e. The lowest BCUT2D eigenvalue weighted by molar-refractivity contribution is 0.564. The third kappa shape index (κ3) is 2.78. The topological polar surface area (TPSA) is 52.0 Å². The number of halogens is 2. The van der Waals surface area contributed by atoms with Crippen LogP contribution in [0.15, 0.2) is 33.6 Å². The first kappa shape index (κ1) is 15.2. The standard InChI is InChI=1S/C13H14BrFN2O2S/c1-3-10-13(14)11(17(2)16-10)8-20(18,19)12-7-5-4-6-9(12)15/h4-7H,3,8H2,1-2H3. The minimum atomic E-state index is -3.75. The molecule has 1 aromatic carbocycles. The zero-order valence-corrected chi connectivity index (χ0v) is 13.5. The Bertz CT molecular complexity index is 741. The first-order valence-corrected chi connectivity index (χ1v) is 8.49. The van der Waals surface area contributed by atoms with E-state index in [0.29, 0.717) is 16.6 Å². The molecule has 0 aliphatic carbocycles. The lowest BCUT2D eigenvalue weighted by Gasteiger charge is -2.06. The van der Waals surface area contributed by atoms with E-state index < -0.39 is 15.7 Å². The molecule has 0 fully saturated rings. The van der Waals surface area contributed by atoms with E-state index in [1.54, 1.807) is 7.05 Å². The lowest BCUT2D eigenvalue weighted by atomic mass is 10.3. The van der Waals surface area contributed by atoms with Gasteiger partial charge in [-0.15, -0.1) is 0 Å². The zero-order chi connectivity index (χ0) is 14.9. The van der Waals surface area contributed by atoms with Crippen LogP contribution in [-0.2, 0) is 29.1 Å². The molecule has 0 amide bonds. The van der Waals surface area contributed by atoms with Crippen LogP contribution in [0.2, 0.25) is 0 Å². The van der Waals surface area contributed by atoms with Gasteiger partial charge in [-0.05, 0) is 34.5 Å². The van der Waals surface area contributed by atoms with Crippen LogP contribution < -0.4 is 0 Å². The molecule has 1 aromatic heterocycles. The summed E-state index contributed by atoms with van der Waals surface area (Å²) in [5.41, 5.74) is 1.30. The van der Waals surface area contributed by atoms with Gasteiger partial charge in [0.25, 0.3) is 0 Å². The van der Waals surface area contributed by atoms with E-state index in [1.807, 2.05) is 6.92 Å². The van der Waals surface area contributed by atoms with Crippen LogP contribution in [0.4, 0.5) is 4.39 Å². The van der Waals surface area contributed by atoms with Crippen LogP contribution in [0.1, 0.15) is 18.3 Å². The molecule has 0 N–H and O–H groups in total. The fraction of sp³-hybridized carbons (Fsp3) is 0.308. The zero-order valence-electron chi connectivity index (χ0n) is 11.1. The molecule has 0 radical (unpaired) electrons. The largest absolute Gasteiger partial charge is 0.270 e. The van der Waals surface area contributed by atoms with Crippen molar-refractivity contribution in [2.75, 3.05) is 0 Å². The molecule has 2 rings (SSSR count). The molecule has 0 bridgehead atoms. The molecule has 0 saturated carbocycles. The van der Waals surface area contributed by atoms with Crippen molar-refractivity contribution in [1.82, 2.24) is 9.78 Å². The third-order valence-electron chi connectivity index (χ3n) is 3.00. The van der Waals surface area contributed by atoms with E-state index in [1.165, 1.54) is 22.9 Å². The molecule has 7 heteroatoms. The van der Waals surface area contributed by atoms with Crippen molar-refractivity contribution in [2.45, 2.75) is 24.0 Å². The Balaban J connectivity index is 2.44. The molecular formula is C13H14BrFN2O2S. The van der Waals surface area contributed by atoms with Crippen LogP contribution in [0.25, 0.3) is 0 Å². The van der Waals surface area contributed by atoms with Crippen molar-refractivity contribution in [3.05, 3.63) is 45.9 Å². The third-order valence-corrected chi connectivity index (χ3v) is 5.57. The number of rotatable bonds is 4. The van der Waals surface area contributed by atoms with Crippen LogP contribution in [0.5, 0.6) is 0 Å². The number of hydrogen-bond acceptors (Lipinski definition) is 3. The van der Waals surface area contributed by atoms with E-state index in [0.717, 1.165) is 11.8 Å². The van der Waals surface area contributed by atoms with Gasteiger partial charge < -0.3 is 0 Å². The van der Waals surface area contributed by atoms with Crippen molar-refractivity contribution in [3.63, 3.8) is 0 Å². The fourth-order valence-corrected chi connectivity index (χ4v) is 4.37. The van der Waals surface area contributed by atoms with Crippen molar-refractivity contribution in [3.8, 4) is 0 Å². The lowest BCUT2D eigenvalue weighted by Crippen LogP contribution is -2.10. The summed E-state index contributed by atoms with van der Waals surface area (Å²) >= 11 is 3.36. The van der Waals surface area contributed by atoms with Crippen molar-refractivity contribution < 1.29 is 12.8 Å². The first-order chi connectivity index (χ1) is 9.36. The predicted molar refractivity (Wildman–Crippen MR) is 77.6 cm³/mol. The van der Waals surface area contributed by atoms with Gasteiger partial charge in [0.15, 0.2) is 9.84 Å². The predicted octanol–water partition coefficient (Wildman–Crippen LogP) is 2.86. The highest BCUT2D eigenvalue weighted by atomic mass is 79.9. The number of hydrogen-bond donors (Lipinski definition) is 0. The highest BCUT2D eigenvalue weighted by Gasteiger charge is 2.24. The molecule has 0 atom stereocenters. The molecule has 0 saturated heterocycles. The maximum Gasteiger partial charge on any atom is 0.186 e. The summed E-state index contributed by atoms with van der Waals surface area (Å²) in [5, 5.41) is 4.24. The summed E-state index contributed by atoms with van der Waals surface area (Å²) in [4.78, 5) is -0.286. The van der Waals surface area contributed by atoms with Crippen LogP contribution in [0, 0.1) is 5.82 Å². The number of aromatic nitrogens is 2. The molecule has 108 valence electrons. The Hall–Kier alpha value is -1.21. The Morgan fingerprint density at radius 2 is 2.00 bits per heavy atom. The van der Waals surface area contributed by atoms with Crippen LogP contribution >= 0.6 is 15.9 Å². The van der Waals surface area contributed by atoms with Gasteiger partial charge in [0, 0.05) is 7.05 Å². The van der Waals surface area contributed by atoms with Gasteiger partial charge in [-0.25, -0.2) is 12.8 Å². The molecule has 0 spiro atoms. The van der Waals surface area contributed by atoms with Gasteiger partial charge in [-0.3, -0.25) is 4.68 Å².